The van der Waals surface area contributed by atoms with Gasteiger partial charge in [0.2, 0.25) is 0 Å². The fraction of sp³-hybridized carbons (Fsp3) is 0.250. The molecule has 4 heteroatoms. The van der Waals surface area contributed by atoms with Gasteiger partial charge in [-0.3, -0.25) is 0 Å². The second-order valence-corrected chi connectivity index (χ2v) is 5.76. The Hall–Kier alpha value is -1.62. The number of rotatable bonds is 5. The van der Waals surface area contributed by atoms with Crippen LogP contribution >= 0.6 is 23.5 Å². The number of nitrogens with zero attached hydrogens (tertiary/aromatic N) is 2. The van der Waals surface area contributed by atoms with E-state index in [-0.39, 0.29) is 5.57 Å². The SMILES string of the molecule is CCC(=C(SC)SC)C(=C(C#N)C#N)c1ccccc1. The lowest BCUT2D eigenvalue weighted by Gasteiger charge is -2.15. The summed E-state index contributed by atoms with van der Waals surface area (Å²) in [4.78, 5) is 0. The van der Waals surface area contributed by atoms with Crippen LogP contribution in [0.4, 0.5) is 0 Å². The summed E-state index contributed by atoms with van der Waals surface area (Å²) in [6, 6.07) is 13.7. The lowest BCUT2D eigenvalue weighted by molar-refractivity contribution is 1.16. The van der Waals surface area contributed by atoms with Gasteiger partial charge < -0.3 is 0 Å². The topological polar surface area (TPSA) is 47.6 Å². The van der Waals surface area contributed by atoms with Gasteiger partial charge in [0.25, 0.3) is 0 Å². The van der Waals surface area contributed by atoms with E-state index in [9.17, 15) is 10.5 Å². The largest absolute Gasteiger partial charge is 0.192 e. The van der Waals surface area contributed by atoms with Crippen LogP contribution in [0.3, 0.4) is 0 Å². The second-order valence-electron chi connectivity index (χ2n) is 3.87. The summed E-state index contributed by atoms with van der Waals surface area (Å²) >= 11 is 3.31. The highest BCUT2D eigenvalue weighted by Crippen LogP contribution is 2.38. The molecule has 1 aromatic rings. The maximum Gasteiger partial charge on any atom is 0.137 e. The van der Waals surface area contributed by atoms with Crippen LogP contribution in [0.5, 0.6) is 0 Å². The van der Waals surface area contributed by atoms with Crippen molar-refractivity contribution in [2.75, 3.05) is 12.5 Å². The van der Waals surface area contributed by atoms with Gasteiger partial charge in [0.15, 0.2) is 0 Å². The fourth-order valence-electron chi connectivity index (χ4n) is 1.96. The van der Waals surface area contributed by atoms with Crippen LogP contribution in [0.1, 0.15) is 18.9 Å². The maximum absolute atomic E-state index is 9.26. The van der Waals surface area contributed by atoms with Gasteiger partial charge in [0.1, 0.15) is 17.7 Å². The number of hydrogen-bond acceptors (Lipinski definition) is 4. The Kier molecular flexibility index (Phi) is 7.01. The quantitative estimate of drug-likeness (QED) is 0.577. The smallest absolute Gasteiger partial charge is 0.137 e. The molecule has 2 nitrogen and oxygen atoms in total. The van der Waals surface area contributed by atoms with Crippen molar-refractivity contribution >= 4 is 29.1 Å². The lowest BCUT2D eigenvalue weighted by atomic mass is 9.93. The normalized spacial score (nSPS) is 9.25. The minimum atomic E-state index is 0.175. The molecule has 0 spiro atoms. The molecule has 0 aliphatic rings. The molecule has 0 saturated carbocycles. The highest BCUT2D eigenvalue weighted by molar-refractivity contribution is 8.21. The van der Waals surface area contributed by atoms with E-state index in [1.807, 2.05) is 55.0 Å². The molecule has 0 bridgehead atoms. The molecule has 0 heterocycles. The summed E-state index contributed by atoms with van der Waals surface area (Å²) in [7, 11) is 0. The van der Waals surface area contributed by atoms with Crippen LogP contribution in [-0.4, -0.2) is 12.5 Å². The molecule has 1 rings (SSSR count). The van der Waals surface area contributed by atoms with Crippen LogP contribution in [0.2, 0.25) is 0 Å². The van der Waals surface area contributed by atoms with Crippen molar-refractivity contribution in [1.29, 1.82) is 10.5 Å². The second kappa shape index (κ2) is 8.53. The van der Waals surface area contributed by atoms with Crippen molar-refractivity contribution in [3.8, 4) is 12.1 Å². The summed E-state index contributed by atoms with van der Waals surface area (Å²) < 4.78 is 1.15. The Morgan fingerprint density at radius 3 is 2.00 bits per heavy atom. The first-order valence-electron chi connectivity index (χ1n) is 6.14. The molecule has 0 N–H and O–H groups in total. The average Bonchev–Trinajstić information content (AvgIpc) is 2.51. The predicted octanol–water partition coefficient (Wildman–Crippen LogP) is 4.83. The first-order valence-corrected chi connectivity index (χ1v) is 8.59. The third-order valence-corrected chi connectivity index (χ3v) is 5.04. The van der Waals surface area contributed by atoms with Crippen molar-refractivity contribution < 1.29 is 0 Å². The Bertz CT molecular complexity index is 580. The Morgan fingerprint density at radius 2 is 1.60 bits per heavy atom. The van der Waals surface area contributed by atoms with Gasteiger partial charge >= 0.3 is 0 Å². The van der Waals surface area contributed by atoms with Crippen LogP contribution in [-0.2, 0) is 0 Å². The number of benzene rings is 1. The van der Waals surface area contributed by atoms with Crippen molar-refractivity contribution in [3.05, 3.63) is 51.3 Å². The molecule has 1 aromatic carbocycles. The average molecular weight is 300 g/mol. The van der Waals surface area contributed by atoms with Crippen molar-refractivity contribution in [2.24, 2.45) is 0 Å². The molecule has 0 atom stereocenters. The van der Waals surface area contributed by atoms with Crippen LogP contribution in [0, 0.1) is 22.7 Å². The fourth-order valence-corrected chi connectivity index (χ4v) is 3.62. The van der Waals surface area contributed by atoms with Crippen LogP contribution in [0.15, 0.2) is 45.7 Å². The van der Waals surface area contributed by atoms with Gasteiger partial charge in [-0.15, -0.1) is 23.5 Å². The molecule has 0 unspecified atom stereocenters. The van der Waals surface area contributed by atoms with E-state index in [1.54, 1.807) is 23.5 Å². The van der Waals surface area contributed by atoms with Gasteiger partial charge in [-0.2, -0.15) is 10.5 Å². The van der Waals surface area contributed by atoms with Crippen LogP contribution in [0.25, 0.3) is 5.57 Å². The van der Waals surface area contributed by atoms with Gasteiger partial charge in [-0.05, 0) is 30.1 Å². The molecule has 102 valence electrons. The monoisotopic (exact) mass is 300 g/mol. The van der Waals surface area contributed by atoms with E-state index in [0.717, 1.165) is 27.4 Å². The number of thioether (sulfide) groups is 2. The van der Waals surface area contributed by atoms with E-state index in [0.29, 0.717) is 0 Å². The standard InChI is InChI=1S/C16H16N2S2/c1-4-14(16(19-2)20-3)15(13(10-17)11-18)12-8-6-5-7-9-12/h5-9H,4H2,1-3H3. The molecule has 0 aliphatic carbocycles. The van der Waals surface area contributed by atoms with Gasteiger partial charge in [0, 0.05) is 9.81 Å². The number of allylic oxidation sites excluding steroid dienone is 3. The molecule has 0 amide bonds. The van der Waals surface area contributed by atoms with Crippen molar-refractivity contribution in [3.63, 3.8) is 0 Å². The molecule has 0 aromatic heterocycles. The molecule has 0 saturated heterocycles. The molecular weight excluding hydrogens is 284 g/mol. The zero-order valence-corrected chi connectivity index (χ0v) is 13.4. The summed E-state index contributed by atoms with van der Waals surface area (Å²) in [5.74, 6) is 0. The van der Waals surface area contributed by atoms with Crippen molar-refractivity contribution in [1.82, 2.24) is 0 Å². The third kappa shape index (κ3) is 3.70. The van der Waals surface area contributed by atoms with Gasteiger partial charge in [0.05, 0.1) is 0 Å². The lowest BCUT2D eigenvalue weighted by Crippen LogP contribution is -1.96. The molecule has 0 fully saturated rings. The zero-order chi connectivity index (χ0) is 15.0. The number of nitriles is 2. The molecular formula is C16H16N2S2. The Balaban J connectivity index is 3.66. The predicted molar refractivity (Wildman–Crippen MR) is 88.9 cm³/mol. The van der Waals surface area contributed by atoms with E-state index in [1.165, 1.54) is 0 Å². The highest BCUT2D eigenvalue weighted by atomic mass is 32.2. The van der Waals surface area contributed by atoms with Crippen molar-refractivity contribution in [2.45, 2.75) is 13.3 Å². The summed E-state index contributed by atoms with van der Waals surface area (Å²) in [5.41, 5.74) is 2.92. The highest BCUT2D eigenvalue weighted by Gasteiger charge is 2.16. The summed E-state index contributed by atoms with van der Waals surface area (Å²) in [6.07, 6.45) is 4.82. The summed E-state index contributed by atoms with van der Waals surface area (Å²) in [6.45, 7) is 2.05. The minimum Gasteiger partial charge on any atom is -0.192 e. The molecule has 0 radical (unpaired) electrons. The minimum absolute atomic E-state index is 0.175. The van der Waals surface area contributed by atoms with E-state index in [4.69, 9.17) is 0 Å². The van der Waals surface area contributed by atoms with E-state index < -0.39 is 0 Å². The molecule has 20 heavy (non-hydrogen) atoms. The molecule has 0 aliphatic heterocycles. The van der Waals surface area contributed by atoms with Gasteiger partial charge in [-0.25, -0.2) is 0 Å². The van der Waals surface area contributed by atoms with E-state index >= 15 is 0 Å². The first kappa shape index (κ1) is 16.4. The Labute approximate surface area is 129 Å². The number of hydrogen-bond donors (Lipinski definition) is 0. The first-order chi connectivity index (χ1) is 9.73. The van der Waals surface area contributed by atoms with Gasteiger partial charge in [-0.1, -0.05) is 37.3 Å². The maximum atomic E-state index is 9.26. The Morgan fingerprint density at radius 1 is 1.05 bits per heavy atom. The third-order valence-electron chi connectivity index (χ3n) is 2.81. The van der Waals surface area contributed by atoms with E-state index in [2.05, 4.69) is 6.92 Å². The summed E-state index contributed by atoms with van der Waals surface area (Å²) in [5, 5.41) is 18.5. The zero-order valence-electron chi connectivity index (χ0n) is 11.8. The van der Waals surface area contributed by atoms with Crippen LogP contribution < -0.4 is 0 Å².